The number of rotatable bonds is 4. The monoisotopic (exact) mass is 292 g/mol. The first kappa shape index (κ1) is 14.3. The minimum atomic E-state index is -1.11. The van der Waals surface area contributed by atoms with Gasteiger partial charge in [-0.1, -0.05) is 43.5 Å². The second-order valence-electron chi connectivity index (χ2n) is 5.94. The maximum Gasteiger partial charge on any atom is 0.213 e. The largest absolute Gasteiger partial charge is 0.213 e. The molecule has 0 bridgehead atoms. The lowest BCUT2D eigenvalue weighted by molar-refractivity contribution is 0.751. The Morgan fingerprint density at radius 2 is 1.95 bits per heavy atom. The summed E-state index contributed by atoms with van der Waals surface area (Å²) in [4.78, 5) is 0. The molecule has 4 nitrogen and oxygen atoms in total. The summed E-state index contributed by atoms with van der Waals surface area (Å²) in [7, 11) is -1.11. The van der Waals surface area contributed by atoms with Crippen LogP contribution in [0.5, 0.6) is 0 Å². The third-order valence-corrected chi connectivity index (χ3v) is 7.43. The molecule has 1 aromatic carbocycles. The molecular formula is C13H20N4SSi. The molecule has 1 heterocycles. The third kappa shape index (κ3) is 3.45. The lowest BCUT2D eigenvalue weighted by Crippen LogP contribution is -2.24. The Morgan fingerprint density at radius 1 is 1.21 bits per heavy atom. The van der Waals surface area contributed by atoms with Gasteiger partial charge in [0, 0.05) is 0 Å². The number of nitrogens with zero attached hydrogens (tertiary/aromatic N) is 4. The maximum absolute atomic E-state index is 4.15. The van der Waals surface area contributed by atoms with Gasteiger partial charge in [-0.15, -0.1) is 5.10 Å². The van der Waals surface area contributed by atoms with E-state index >= 15 is 0 Å². The van der Waals surface area contributed by atoms with E-state index < -0.39 is 8.07 Å². The Hall–Kier alpha value is -1.14. The van der Waals surface area contributed by atoms with Crippen LogP contribution in [-0.2, 0) is 0 Å². The first-order valence-electron chi connectivity index (χ1n) is 6.36. The second kappa shape index (κ2) is 5.46. The molecule has 0 fully saturated rings. The third-order valence-electron chi connectivity index (χ3n) is 2.88. The van der Waals surface area contributed by atoms with Crippen molar-refractivity contribution >= 4 is 19.8 Å². The summed E-state index contributed by atoms with van der Waals surface area (Å²) >= 11 is 1.76. The van der Waals surface area contributed by atoms with E-state index in [4.69, 9.17) is 0 Å². The van der Waals surface area contributed by atoms with Gasteiger partial charge >= 0.3 is 0 Å². The summed E-state index contributed by atoms with van der Waals surface area (Å²) < 4.78 is 1.85. The quantitative estimate of drug-likeness (QED) is 0.641. The smallest absolute Gasteiger partial charge is 0.187 e. The topological polar surface area (TPSA) is 43.6 Å². The van der Waals surface area contributed by atoms with Gasteiger partial charge in [-0.2, -0.15) is 4.68 Å². The van der Waals surface area contributed by atoms with E-state index in [1.165, 1.54) is 11.1 Å². The molecule has 0 aliphatic heterocycles. The van der Waals surface area contributed by atoms with Crippen LogP contribution in [0.3, 0.4) is 0 Å². The van der Waals surface area contributed by atoms with Gasteiger partial charge in [0.15, 0.2) is 0 Å². The van der Waals surface area contributed by atoms with Crippen LogP contribution in [0.4, 0.5) is 0 Å². The highest BCUT2D eigenvalue weighted by Gasteiger charge is 2.17. The summed E-state index contributed by atoms with van der Waals surface area (Å²) in [5, 5.41) is 14.1. The van der Waals surface area contributed by atoms with Gasteiger partial charge in [0.2, 0.25) is 5.16 Å². The van der Waals surface area contributed by atoms with Crippen LogP contribution in [0.15, 0.2) is 23.4 Å². The maximum atomic E-state index is 4.15. The van der Waals surface area contributed by atoms with Gasteiger partial charge in [0.1, 0.15) is 0 Å². The number of aromatic nitrogens is 4. The first-order valence-corrected chi connectivity index (χ1v) is 11.1. The highest BCUT2D eigenvalue weighted by Crippen LogP contribution is 2.24. The van der Waals surface area contributed by atoms with Crippen LogP contribution in [0.1, 0.15) is 11.1 Å². The van der Waals surface area contributed by atoms with Gasteiger partial charge in [-0.05, 0) is 46.8 Å². The molecule has 0 aliphatic rings. The zero-order chi connectivity index (χ0) is 14.0. The predicted octanol–water partition coefficient (Wildman–Crippen LogP) is 3.25. The van der Waals surface area contributed by atoms with E-state index in [9.17, 15) is 0 Å². The molecule has 0 amide bonds. The number of benzene rings is 1. The molecule has 0 radical (unpaired) electrons. The number of aryl methyl sites for hydroxylation is 1. The Labute approximate surface area is 119 Å². The van der Waals surface area contributed by atoms with Crippen LogP contribution in [0.2, 0.25) is 19.6 Å². The van der Waals surface area contributed by atoms with Crippen LogP contribution < -0.4 is 0 Å². The van der Waals surface area contributed by atoms with Crippen LogP contribution in [0, 0.1) is 13.8 Å². The van der Waals surface area contributed by atoms with E-state index in [1.54, 1.807) is 11.8 Å². The average molecular weight is 292 g/mol. The highest BCUT2D eigenvalue weighted by atomic mass is 32.2. The van der Waals surface area contributed by atoms with Gasteiger partial charge in [0.25, 0.3) is 0 Å². The highest BCUT2D eigenvalue weighted by molar-refractivity contribution is 8.00. The number of hydrogen-bond acceptors (Lipinski definition) is 4. The predicted molar refractivity (Wildman–Crippen MR) is 82.7 cm³/mol. The number of hydrogen-bond donors (Lipinski definition) is 0. The normalized spacial score (nSPS) is 11.8. The molecule has 102 valence electrons. The van der Waals surface area contributed by atoms with Crippen LogP contribution in [0.25, 0.3) is 5.69 Å². The summed E-state index contributed by atoms with van der Waals surface area (Å²) in [6, 6.07) is 6.22. The first-order chi connectivity index (χ1) is 8.88. The molecular weight excluding hydrogens is 272 g/mol. The zero-order valence-corrected chi connectivity index (χ0v) is 14.0. The Kier molecular flexibility index (Phi) is 4.10. The van der Waals surface area contributed by atoms with Crippen LogP contribution >= 0.6 is 11.8 Å². The fourth-order valence-corrected chi connectivity index (χ4v) is 4.27. The summed E-state index contributed by atoms with van der Waals surface area (Å²) in [6.45, 7) is 11.3. The van der Waals surface area contributed by atoms with Gasteiger partial charge in [0.05, 0.1) is 13.8 Å². The molecule has 0 atom stereocenters. The molecule has 0 saturated carbocycles. The SMILES string of the molecule is Cc1cccc(-n2nnnc2SC[Si](C)(C)C)c1C. The Balaban J connectivity index is 2.31. The lowest BCUT2D eigenvalue weighted by atomic mass is 10.1. The second-order valence-corrected chi connectivity index (χ2v) is 12.9. The minimum Gasteiger partial charge on any atom is -0.187 e. The van der Waals surface area contributed by atoms with E-state index in [2.05, 4.69) is 61.1 Å². The number of thioether (sulfide) groups is 1. The molecule has 1 aromatic heterocycles. The fourth-order valence-electron chi connectivity index (χ4n) is 1.67. The molecule has 0 N–H and O–H groups in total. The van der Waals surface area contributed by atoms with Crippen molar-refractivity contribution in [1.82, 2.24) is 20.2 Å². The van der Waals surface area contributed by atoms with Crippen molar-refractivity contribution in [2.75, 3.05) is 5.38 Å². The van der Waals surface area contributed by atoms with Crippen LogP contribution in [-0.4, -0.2) is 33.7 Å². The molecule has 19 heavy (non-hydrogen) atoms. The van der Waals surface area contributed by atoms with Crippen molar-refractivity contribution in [1.29, 1.82) is 0 Å². The molecule has 6 heteroatoms. The van der Waals surface area contributed by atoms with Crippen molar-refractivity contribution in [3.63, 3.8) is 0 Å². The summed E-state index contributed by atoms with van der Waals surface area (Å²) in [5.74, 6) is 0. The molecule has 0 aliphatic carbocycles. The lowest BCUT2D eigenvalue weighted by Gasteiger charge is -2.15. The standard InChI is InChI=1S/C13H20N4SSi/c1-10-7-6-8-12(11(10)2)17-13(14-15-16-17)18-9-19(3,4)5/h6-8H,9H2,1-5H3. The van der Waals surface area contributed by atoms with E-state index in [0.29, 0.717) is 0 Å². The zero-order valence-electron chi connectivity index (χ0n) is 12.1. The molecule has 2 rings (SSSR count). The van der Waals surface area contributed by atoms with Gasteiger partial charge < -0.3 is 0 Å². The molecule has 0 unspecified atom stereocenters. The van der Waals surface area contributed by atoms with Gasteiger partial charge in [-0.25, -0.2) is 0 Å². The van der Waals surface area contributed by atoms with Crippen molar-refractivity contribution in [3.05, 3.63) is 29.3 Å². The average Bonchev–Trinajstić information content (AvgIpc) is 2.77. The van der Waals surface area contributed by atoms with E-state index in [0.717, 1.165) is 16.2 Å². The molecule has 0 saturated heterocycles. The molecule has 0 spiro atoms. The number of tetrazole rings is 1. The molecule has 2 aromatic rings. The fraction of sp³-hybridized carbons (Fsp3) is 0.462. The summed E-state index contributed by atoms with van der Waals surface area (Å²) in [6.07, 6.45) is 0. The summed E-state index contributed by atoms with van der Waals surface area (Å²) in [5.41, 5.74) is 3.56. The van der Waals surface area contributed by atoms with Crippen molar-refractivity contribution < 1.29 is 0 Å². The Morgan fingerprint density at radius 3 is 2.63 bits per heavy atom. The van der Waals surface area contributed by atoms with Crippen molar-refractivity contribution in [2.24, 2.45) is 0 Å². The van der Waals surface area contributed by atoms with E-state index in [1.807, 2.05) is 10.7 Å². The van der Waals surface area contributed by atoms with E-state index in [-0.39, 0.29) is 0 Å². The van der Waals surface area contributed by atoms with Gasteiger partial charge in [-0.3, -0.25) is 0 Å². The van der Waals surface area contributed by atoms with Crippen molar-refractivity contribution in [2.45, 2.75) is 38.6 Å². The van der Waals surface area contributed by atoms with Crippen molar-refractivity contribution in [3.8, 4) is 5.69 Å². The Bertz CT molecular complexity index is 574. The minimum absolute atomic E-state index is 0.885.